The van der Waals surface area contributed by atoms with E-state index >= 15 is 0 Å². The topological polar surface area (TPSA) is 74.1 Å². The number of ether oxygens (including phenoxy) is 1. The van der Waals surface area contributed by atoms with Crippen molar-refractivity contribution in [2.45, 2.75) is 55.6 Å². The summed E-state index contributed by atoms with van der Waals surface area (Å²) < 4.78 is 5.97. The van der Waals surface area contributed by atoms with Gasteiger partial charge in [-0.2, -0.15) is 0 Å². The van der Waals surface area contributed by atoms with Crippen molar-refractivity contribution < 1.29 is 19.3 Å². The van der Waals surface area contributed by atoms with Crippen LogP contribution >= 0.6 is 0 Å². The highest BCUT2D eigenvalue weighted by atomic mass is 17.0. The molecule has 6 atom stereocenters. The molecule has 3 fully saturated rings. The number of hydroxylamine groups is 2. The summed E-state index contributed by atoms with van der Waals surface area (Å²) in [5.41, 5.74) is 1.84. The van der Waals surface area contributed by atoms with Crippen LogP contribution in [0, 0.1) is 16.0 Å². The van der Waals surface area contributed by atoms with Gasteiger partial charge in [0, 0.05) is 30.3 Å². The molecular formula is C23H26N2O5. The van der Waals surface area contributed by atoms with Gasteiger partial charge in [-0.3, -0.25) is 15.0 Å². The standard InChI is InChI=1S/C23H26N2O5/c1-28-23-15-9-8-14-18(23)19(16-10-4-2-5-11-16)20-21(24(26)27)22(29-25(20)30-23)17-12-6-3-7-13-17/h2-7,10-13,18-22H,8-9,14-15H2,1H3/t18?,19-,20?,21?,22?,23?/m1/s1. The van der Waals surface area contributed by atoms with Crippen LogP contribution in [-0.2, 0) is 14.4 Å². The van der Waals surface area contributed by atoms with Gasteiger partial charge < -0.3 is 4.74 Å². The first-order valence-corrected chi connectivity index (χ1v) is 10.6. The van der Waals surface area contributed by atoms with E-state index in [4.69, 9.17) is 14.4 Å². The van der Waals surface area contributed by atoms with E-state index in [9.17, 15) is 10.1 Å². The number of nitrogens with zero attached hydrogens (tertiary/aromatic N) is 2. The molecule has 7 nitrogen and oxygen atoms in total. The summed E-state index contributed by atoms with van der Waals surface area (Å²) in [5.74, 6) is -0.952. The maximum Gasteiger partial charge on any atom is 0.265 e. The fourth-order valence-corrected chi connectivity index (χ4v) is 5.60. The quantitative estimate of drug-likeness (QED) is 0.554. The highest BCUT2D eigenvalue weighted by Gasteiger charge is 2.66. The Kier molecular flexibility index (Phi) is 5.06. The molecule has 0 bridgehead atoms. The van der Waals surface area contributed by atoms with Gasteiger partial charge in [-0.05, 0) is 24.0 Å². The van der Waals surface area contributed by atoms with Gasteiger partial charge in [0.05, 0.1) is 0 Å². The van der Waals surface area contributed by atoms with Crippen LogP contribution in [0.2, 0.25) is 0 Å². The van der Waals surface area contributed by atoms with Crippen molar-refractivity contribution in [3.63, 3.8) is 0 Å². The number of hydrogen-bond donors (Lipinski definition) is 0. The largest absolute Gasteiger partial charge is 0.351 e. The van der Waals surface area contributed by atoms with Gasteiger partial charge >= 0.3 is 0 Å². The molecule has 1 saturated carbocycles. The number of rotatable bonds is 4. The smallest absolute Gasteiger partial charge is 0.265 e. The van der Waals surface area contributed by atoms with Gasteiger partial charge in [0.15, 0.2) is 11.9 Å². The molecule has 158 valence electrons. The van der Waals surface area contributed by atoms with Gasteiger partial charge in [0.1, 0.15) is 6.04 Å². The second kappa shape index (κ2) is 7.74. The molecule has 0 radical (unpaired) electrons. The van der Waals surface area contributed by atoms with Gasteiger partial charge in [-0.15, -0.1) is 0 Å². The van der Waals surface area contributed by atoms with E-state index in [1.165, 1.54) is 5.23 Å². The third-order valence-electron chi connectivity index (χ3n) is 6.92. The Labute approximate surface area is 175 Å². The summed E-state index contributed by atoms with van der Waals surface area (Å²) in [7, 11) is 1.66. The highest BCUT2D eigenvalue weighted by molar-refractivity contribution is 5.28. The van der Waals surface area contributed by atoms with Crippen molar-refractivity contribution in [3.05, 3.63) is 81.9 Å². The first-order valence-electron chi connectivity index (χ1n) is 10.6. The van der Waals surface area contributed by atoms with Crippen LogP contribution in [0.5, 0.6) is 0 Å². The van der Waals surface area contributed by atoms with E-state index in [-0.39, 0.29) is 16.8 Å². The lowest BCUT2D eigenvalue weighted by Crippen LogP contribution is -2.62. The Morgan fingerprint density at radius 1 is 1.07 bits per heavy atom. The molecule has 1 aliphatic carbocycles. The minimum Gasteiger partial charge on any atom is -0.351 e. The lowest BCUT2D eigenvalue weighted by molar-refractivity contribution is -0.538. The van der Waals surface area contributed by atoms with Crippen LogP contribution in [0.25, 0.3) is 0 Å². The van der Waals surface area contributed by atoms with Crippen molar-refractivity contribution in [2.24, 2.45) is 5.92 Å². The van der Waals surface area contributed by atoms with Crippen molar-refractivity contribution >= 4 is 0 Å². The lowest BCUT2D eigenvalue weighted by atomic mass is 9.67. The van der Waals surface area contributed by atoms with Gasteiger partial charge in [0.25, 0.3) is 6.04 Å². The molecule has 0 spiro atoms. The van der Waals surface area contributed by atoms with E-state index in [0.717, 1.165) is 36.8 Å². The molecule has 5 unspecified atom stereocenters. The van der Waals surface area contributed by atoms with Crippen LogP contribution in [0.15, 0.2) is 60.7 Å². The molecule has 0 amide bonds. The van der Waals surface area contributed by atoms with E-state index in [2.05, 4.69) is 12.1 Å². The summed E-state index contributed by atoms with van der Waals surface area (Å²) >= 11 is 0. The third kappa shape index (κ3) is 3.04. The Bertz CT molecular complexity index is 895. The van der Waals surface area contributed by atoms with E-state index in [0.29, 0.717) is 0 Å². The number of methoxy groups -OCH3 is 1. The van der Waals surface area contributed by atoms with E-state index in [1.807, 2.05) is 48.5 Å². The van der Waals surface area contributed by atoms with Crippen LogP contribution < -0.4 is 0 Å². The minimum atomic E-state index is -0.950. The Hall–Kier alpha value is -2.32. The maximum absolute atomic E-state index is 12.3. The molecule has 0 aromatic heterocycles. The molecule has 7 heteroatoms. The molecule has 2 heterocycles. The summed E-state index contributed by atoms with van der Waals surface area (Å²) in [4.78, 5) is 24.6. The van der Waals surface area contributed by atoms with Crippen LogP contribution in [0.3, 0.4) is 0 Å². The number of hydrogen-bond acceptors (Lipinski definition) is 6. The molecule has 2 aliphatic heterocycles. The van der Waals surface area contributed by atoms with Gasteiger partial charge in [-0.1, -0.05) is 72.3 Å². The summed E-state index contributed by atoms with van der Waals surface area (Å²) in [6.45, 7) is 0. The zero-order valence-corrected chi connectivity index (χ0v) is 16.9. The normalized spacial score (nSPS) is 36.1. The average molecular weight is 410 g/mol. The Balaban J connectivity index is 1.63. The molecule has 2 saturated heterocycles. The lowest BCUT2D eigenvalue weighted by Gasteiger charge is -2.52. The maximum atomic E-state index is 12.3. The monoisotopic (exact) mass is 410 g/mol. The molecular weight excluding hydrogens is 384 g/mol. The molecule has 5 rings (SSSR count). The molecule has 0 N–H and O–H groups in total. The molecule has 2 aromatic carbocycles. The first kappa shape index (κ1) is 19.6. The number of nitro groups is 1. The van der Waals surface area contributed by atoms with Crippen molar-refractivity contribution in [2.75, 3.05) is 7.11 Å². The fraction of sp³-hybridized carbons (Fsp3) is 0.478. The van der Waals surface area contributed by atoms with Crippen molar-refractivity contribution in [1.82, 2.24) is 5.23 Å². The predicted octanol–water partition coefficient (Wildman–Crippen LogP) is 4.25. The number of fused-ring (bicyclic) bond motifs is 2. The van der Waals surface area contributed by atoms with Gasteiger partial charge in [-0.25, -0.2) is 4.84 Å². The minimum absolute atomic E-state index is 0.0143. The molecule has 3 aliphatic rings. The summed E-state index contributed by atoms with van der Waals surface area (Å²) in [6, 6.07) is 17.9. The molecule has 30 heavy (non-hydrogen) atoms. The van der Waals surface area contributed by atoms with Gasteiger partial charge in [0.2, 0.25) is 0 Å². The van der Waals surface area contributed by atoms with Crippen LogP contribution in [0.1, 0.15) is 48.8 Å². The first-order chi connectivity index (χ1) is 14.6. The van der Waals surface area contributed by atoms with Crippen LogP contribution in [-0.4, -0.2) is 35.1 Å². The van der Waals surface area contributed by atoms with Crippen LogP contribution in [0.4, 0.5) is 0 Å². The Morgan fingerprint density at radius 2 is 1.73 bits per heavy atom. The summed E-state index contributed by atoms with van der Waals surface area (Å²) in [6.07, 6.45) is 2.97. The SMILES string of the molecule is COC12CCCCC1[C@@H](c1ccccc1)C1C([N+](=O)[O-])C(c3ccccc3)ON1O2. The molecule has 2 aromatic rings. The summed E-state index contributed by atoms with van der Waals surface area (Å²) in [5, 5.41) is 13.7. The third-order valence-corrected chi connectivity index (χ3v) is 6.92. The van der Waals surface area contributed by atoms with Crippen molar-refractivity contribution in [1.29, 1.82) is 0 Å². The second-order valence-electron chi connectivity index (χ2n) is 8.38. The average Bonchev–Trinajstić information content (AvgIpc) is 3.17. The van der Waals surface area contributed by atoms with Crippen molar-refractivity contribution in [3.8, 4) is 0 Å². The fourth-order valence-electron chi connectivity index (χ4n) is 5.60. The Morgan fingerprint density at radius 3 is 2.37 bits per heavy atom. The number of benzene rings is 2. The van der Waals surface area contributed by atoms with E-state index in [1.54, 1.807) is 7.11 Å². The zero-order chi connectivity index (χ0) is 20.7. The predicted molar refractivity (Wildman–Crippen MR) is 109 cm³/mol. The highest BCUT2D eigenvalue weighted by Crippen LogP contribution is 2.56. The zero-order valence-electron chi connectivity index (χ0n) is 16.9. The van der Waals surface area contributed by atoms with E-state index < -0.39 is 24.0 Å². The second-order valence-corrected chi connectivity index (χ2v) is 8.38.